The van der Waals surface area contributed by atoms with Crippen molar-refractivity contribution in [3.63, 3.8) is 0 Å². The minimum absolute atomic E-state index is 0.654. The van der Waals surface area contributed by atoms with Crippen LogP contribution in [0.5, 0.6) is 0 Å². The summed E-state index contributed by atoms with van der Waals surface area (Å²) in [5.41, 5.74) is 1.21. The maximum absolute atomic E-state index is 5.55. The minimum Gasteiger partial charge on any atom is -0.373 e. The zero-order chi connectivity index (χ0) is 17.8. The highest BCUT2D eigenvalue weighted by Crippen LogP contribution is 2.09. The van der Waals surface area contributed by atoms with E-state index < -0.39 is 0 Å². The fraction of sp³-hybridized carbons (Fsp3) is 0.500. The predicted molar refractivity (Wildman–Crippen MR) is 112 cm³/mol. The number of unbranched alkanes of at least 4 members (excludes halogenated alkanes) is 8. The zero-order valence-electron chi connectivity index (χ0n) is 16.0. The molecule has 0 unspecified atom stereocenters. The molecule has 1 aromatic rings. The fourth-order valence-electron chi connectivity index (χ4n) is 2.66. The average Bonchev–Trinajstić information content (AvgIpc) is 2.65. The van der Waals surface area contributed by atoms with E-state index in [-0.39, 0.29) is 0 Å². The van der Waals surface area contributed by atoms with Gasteiger partial charge in [-0.3, -0.25) is 0 Å². The summed E-state index contributed by atoms with van der Waals surface area (Å²) in [6.45, 7) is 3.60. The molecule has 0 amide bonds. The van der Waals surface area contributed by atoms with Gasteiger partial charge in [0.15, 0.2) is 0 Å². The first-order chi connectivity index (χ1) is 12.4. The molecule has 1 nitrogen and oxygen atoms in total. The van der Waals surface area contributed by atoms with Gasteiger partial charge >= 0.3 is 0 Å². The van der Waals surface area contributed by atoms with Crippen LogP contribution in [0.2, 0.25) is 0 Å². The van der Waals surface area contributed by atoms with Crippen LogP contribution in [0.1, 0.15) is 70.3 Å². The van der Waals surface area contributed by atoms with E-state index in [1.54, 1.807) is 0 Å². The van der Waals surface area contributed by atoms with Crippen LogP contribution in [-0.4, -0.2) is 13.2 Å². The number of rotatable bonds is 15. The van der Waals surface area contributed by atoms with Crippen LogP contribution >= 0.6 is 0 Å². The van der Waals surface area contributed by atoms with Crippen molar-refractivity contribution in [2.24, 2.45) is 0 Å². The summed E-state index contributed by atoms with van der Waals surface area (Å²) in [6, 6.07) is 10.3. The highest BCUT2D eigenvalue weighted by Gasteiger charge is 1.90. The van der Waals surface area contributed by atoms with Crippen molar-refractivity contribution >= 4 is 6.08 Å². The Bertz CT molecular complexity index is 470. The lowest BCUT2D eigenvalue weighted by Gasteiger charge is -1.99. The van der Waals surface area contributed by atoms with E-state index in [0.29, 0.717) is 13.2 Å². The van der Waals surface area contributed by atoms with Crippen LogP contribution < -0.4 is 0 Å². The second-order valence-corrected chi connectivity index (χ2v) is 6.47. The first-order valence-electron chi connectivity index (χ1n) is 10.0. The molecule has 0 aliphatic rings. The molecule has 0 N–H and O–H groups in total. The first kappa shape index (κ1) is 21.4. The molecule has 0 aliphatic carbocycles. The number of hydrogen-bond donors (Lipinski definition) is 0. The van der Waals surface area contributed by atoms with Crippen molar-refractivity contribution in [1.82, 2.24) is 0 Å². The Morgan fingerprint density at radius 3 is 2.12 bits per heavy atom. The Morgan fingerprint density at radius 2 is 1.36 bits per heavy atom. The third-order valence-corrected chi connectivity index (χ3v) is 4.15. The van der Waals surface area contributed by atoms with Crippen LogP contribution in [-0.2, 0) is 4.74 Å². The third kappa shape index (κ3) is 14.4. The van der Waals surface area contributed by atoms with Gasteiger partial charge in [-0.15, -0.1) is 0 Å². The molecule has 138 valence electrons. The summed E-state index contributed by atoms with van der Waals surface area (Å²) in [5, 5.41) is 0. The van der Waals surface area contributed by atoms with Crippen molar-refractivity contribution in [3.05, 3.63) is 66.3 Å². The first-order valence-corrected chi connectivity index (χ1v) is 10.0. The van der Waals surface area contributed by atoms with Gasteiger partial charge in [0.1, 0.15) is 0 Å². The smallest absolute Gasteiger partial charge is 0.0655 e. The van der Waals surface area contributed by atoms with Gasteiger partial charge < -0.3 is 4.74 Å². The summed E-state index contributed by atoms with van der Waals surface area (Å²) >= 11 is 0. The van der Waals surface area contributed by atoms with Gasteiger partial charge in [0, 0.05) is 0 Å². The molecule has 0 radical (unpaired) electrons. The van der Waals surface area contributed by atoms with E-state index in [4.69, 9.17) is 4.74 Å². The highest BCUT2D eigenvalue weighted by atomic mass is 16.5. The normalized spacial score (nSPS) is 12.0. The maximum Gasteiger partial charge on any atom is 0.0655 e. The van der Waals surface area contributed by atoms with Crippen LogP contribution in [0, 0.1) is 0 Å². The van der Waals surface area contributed by atoms with E-state index in [1.807, 2.05) is 18.2 Å². The predicted octanol–water partition coefficient (Wildman–Crippen LogP) is 7.36. The van der Waals surface area contributed by atoms with Gasteiger partial charge in [0.25, 0.3) is 0 Å². The van der Waals surface area contributed by atoms with Gasteiger partial charge in [-0.05, 0) is 18.4 Å². The van der Waals surface area contributed by atoms with E-state index >= 15 is 0 Å². The molecule has 1 rings (SSSR count). The van der Waals surface area contributed by atoms with Crippen LogP contribution in [0.15, 0.2) is 60.7 Å². The summed E-state index contributed by atoms with van der Waals surface area (Å²) in [5.74, 6) is 0. The lowest BCUT2D eigenvalue weighted by Crippen LogP contribution is -1.89. The number of ether oxygens (including phenoxy) is 1. The largest absolute Gasteiger partial charge is 0.373 e. The van der Waals surface area contributed by atoms with E-state index in [0.717, 1.165) is 0 Å². The maximum atomic E-state index is 5.55. The molecule has 0 saturated heterocycles. The molecule has 0 bridgehead atoms. The van der Waals surface area contributed by atoms with Crippen molar-refractivity contribution in [1.29, 1.82) is 0 Å². The Hall–Kier alpha value is -1.60. The third-order valence-electron chi connectivity index (χ3n) is 4.15. The average molecular weight is 341 g/mol. The van der Waals surface area contributed by atoms with Crippen molar-refractivity contribution in [2.75, 3.05) is 13.2 Å². The minimum atomic E-state index is 0.654. The second kappa shape index (κ2) is 17.2. The topological polar surface area (TPSA) is 9.23 Å². The Labute approximate surface area is 155 Å². The molecule has 1 heteroatoms. The van der Waals surface area contributed by atoms with Gasteiger partial charge in [-0.25, -0.2) is 0 Å². The number of hydrogen-bond acceptors (Lipinski definition) is 1. The lowest BCUT2D eigenvalue weighted by molar-refractivity contribution is 0.194. The van der Waals surface area contributed by atoms with Gasteiger partial charge in [-0.1, -0.05) is 119 Å². The van der Waals surface area contributed by atoms with Crippen LogP contribution in [0.3, 0.4) is 0 Å². The molecule has 0 atom stereocenters. The highest BCUT2D eigenvalue weighted by molar-refractivity contribution is 5.48. The standard InChI is InChI=1S/C24H36O/c1-2-3-4-5-6-7-8-9-10-11-12-13-17-22-25-23-18-21-24-19-15-14-16-20-24/h11-21H,2-10,22-23H2,1H3/b12-11-,17-13-,21-18+. The van der Waals surface area contributed by atoms with Crippen LogP contribution in [0.25, 0.3) is 6.08 Å². The molecule has 0 fully saturated rings. The Kier molecular flexibility index (Phi) is 14.8. The van der Waals surface area contributed by atoms with Crippen molar-refractivity contribution in [3.8, 4) is 0 Å². The fourth-order valence-corrected chi connectivity index (χ4v) is 2.66. The van der Waals surface area contributed by atoms with Crippen molar-refractivity contribution < 1.29 is 4.74 Å². The second-order valence-electron chi connectivity index (χ2n) is 6.47. The summed E-state index contributed by atoms with van der Waals surface area (Å²) in [7, 11) is 0. The summed E-state index contributed by atoms with van der Waals surface area (Å²) in [6.07, 6.45) is 25.0. The monoisotopic (exact) mass is 340 g/mol. The number of benzene rings is 1. The van der Waals surface area contributed by atoms with Gasteiger partial charge in [0.2, 0.25) is 0 Å². The molecular formula is C24H36O. The Morgan fingerprint density at radius 1 is 0.720 bits per heavy atom. The molecule has 1 aromatic carbocycles. The molecule has 0 spiro atoms. The van der Waals surface area contributed by atoms with Crippen molar-refractivity contribution in [2.45, 2.75) is 64.7 Å². The molecule has 0 heterocycles. The quantitative estimate of drug-likeness (QED) is 0.239. The van der Waals surface area contributed by atoms with E-state index in [9.17, 15) is 0 Å². The van der Waals surface area contributed by atoms with E-state index in [2.05, 4.69) is 55.5 Å². The van der Waals surface area contributed by atoms with E-state index in [1.165, 1.54) is 63.4 Å². The zero-order valence-corrected chi connectivity index (χ0v) is 16.0. The van der Waals surface area contributed by atoms with Gasteiger partial charge in [-0.2, -0.15) is 0 Å². The molecule has 0 aliphatic heterocycles. The SMILES string of the molecule is CCCCCCCCCC/C=C\C=C/COC/C=C/c1ccccc1. The van der Waals surface area contributed by atoms with Gasteiger partial charge in [0.05, 0.1) is 13.2 Å². The lowest BCUT2D eigenvalue weighted by atomic mass is 10.1. The molecule has 0 aromatic heterocycles. The van der Waals surface area contributed by atoms with Crippen LogP contribution in [0.4, 0.5) is 0 Å². The molecule has 0 saturated carbocycles. The summed E-state index contributed by atoms with van der Waals surface area (Å²) in [4.78, 5) is 0. The molecular weight excluding hydrogens is 304 g/mol. The number of allylic oxidation sites excluding steroid dienone is 3. The summed E-state index contributed by atoms with van der Waals surface area (Å²) < 4.78 is 5.55. The molecule has 25 heavy (non-hydrogen) atoms. The Balaban J connectivity index is 1.87.